The highest BCUT2D eigenvalue weighted by Gasteiger charge is 2.34. The quantitative estimate of drug-likeness (QED) is 0.106. The van der Waals surface area contributed by atoms with E-state index in [-0.39, 0.29) is 11.6 Å². The zero-order valence-electron chi connectivity index (χ0n) is 33.0. The first-order valence-corrected chi connectivity index (χ1v) is 21.4. The van der Waals surface area contributed by atoms with Gasteiger partial charge in [-0.15, -0.1) is 0 Å². The van der Waals surface area contributed by atoms with E-state index in [1.165, 1.54) is 68.7 Å². The van der Waals surface area contributed by atoms with Gasteiger partial charge in [-0.3, -0.25) is 9.59 Å². The molecule has 0 radical (unpaired) electrons. The van der Waals surface area contributed by atoms with E-state index in [4.69, 9.17) is 4.74 Å². The fourth-order valence-corrected chi connectivity index (χ4v) is 9.39. The summed E-state index contributed by atoms with van der Waals surface area (Å²) in [5.74, 6) is 2.34. The third-order valence-corrected chi connectivity index (χ3v) is 12.7. The van der Waals surface area contributed by atoms with Gasteiger partial charge in [-0.1, -0.05) is 119 Å². The maximum absolute atomic E-state index is 14.1. The molecule has 0 saturated heterocycles. The summed E-state index contributed by atoms with van der Waals surface area (Å²) in [5.41, 5.74) is 9.25. The van der Waals surface area contributed by atoms with Gasteiger partial charge in [0, 0.05) is 32.2 Å². The SMILES string of the molecule is CCCCCC1CCC(COc2c(C)cc(-c3ccc(Sc4ccc(Nc5ccc(CCCC)cc5)c5c4C(=O)c4ccccc4C5=O)cc3)cc2C)CC1. The van der Waals surface area contributed by atoms with Gasteiger partial charge in [-0.05, 0) is 128 Å². The first kappa shape index (κ1) is 38.7. The molecule has 0 heterocycles. The Hall–Kier alpha value is -4.61. The normalized spacial score (nSPS) is 16.4. The lowest BCUT2D eigenvalue weighted by atomic mass is 9.80. The number of carbonyl (C=O) groups is 2. The minimum atomic E-state index is -0.131. The molecule has 0 aromatic heterocycles. The molecule has 0 bridgehead atoms. The van der Waals surface area contributed by atoms with Crippen LogP contribution in [0.2, 0.25) is 0 Å². The van der Waals surface area contributed by atoms with Crippen LogP contribution < -0.4 is 10.1 Å². The number of hydrogen-bond donors (Lipinski definition) is 1. The molecule has 0 unspecified atom stereocenters. The number of ketones is 2. The van der Waals surface area contributed by atoms with Crippen molar-refractivity contribution in [2.75, 3.05) is 11.9 Å². The number of hydrogen-bond acceptors (Lipinski definition) is 5. The Balaban J connectivity index is 1.06. The Kier molecular flexibility index (Phi) is 12.6. The molecule has 1 N–H and O–H groups in total. The average molecular weight is 750 g/mol. The van der Waals surface area contributed by atoms with Crippen molar-refractivity contribution in [2.45, 2.75) is 108 Å². The van der Waals surface area contributed by atoms with Gasteiger partial charge in [0.15, 0.2) is 11.6 Å². The summed E-state index contributed by atoms with van der Waals surface area (Å²) in [4.78, 5) is 30.0. The summed E-state index contributed by atoms with van der Waals surface area (Å²) in [7, 11) is 0. The lowest BCUT2D eigenvalue weighted by molar-refractivity contribution is 0.0977. The topological polar surface area (TPSA) is 55.4 Å². The molecule has 2 aliphatic rings. The van der Waals surface area contributed by atoms with Crippen molar-refractivity contribution in [3.63, 3.8) is 0 Å². The van der Waals surface area contributed by atoms with Gasteiger partial charge in [0.1, 0.15) is 5.75 Å². The van der Waals surface area contributed by atoms with Crippen molar-refractivity contribution in [1.82, 2.24) is 0 Å². The van der Waals surface area contributed by atoms with Crippen molar-refractivity contribution < 1.29 is 14.3 Å². The Labute approximate surface area is 332 Å². The Morgan fingerprint density at radius 1 is 0.673 bits per heavy atom. The molecular formula is C50H55NO3S. The summed E-state index contributed by atoms with van der Waals surface area (Å²) in [5, 5.41) is 3.47. The minimum absolute atomic E-state index is 0.119. The van der Waals surface area contributed by atoms with E-state index in [1.54, 1.807) is 12.1 Å². The van der Waals surface area contributed by atoms with Gasteiger partial charge in [0.05, 0.1) is 17.9 Å². The van der Waals surface area contributed by atoms with E-state index in [0.29, 0.717) is 33.9 Å². The van der Waals surface area contributed by atoms with Crippen LogP contribution >= 0.6 is 11.8 Å². The van der Waals surface area contributed by atoms with Gasteiger partial charge in [0.2, 0.25) is 0 Å². The van der Waals surface area contributed by atoms with Crippen LogP contribution in [0, 0.1) is 25.7 Å². The van der Waals surface area contributed by atoms with Crippen LogP contribution in [0.4, 0.5) is 11.4 Å². The van der Waals surface area contributed by atoms with Crippen LogP contribution in [0.1, 0.15) is 127 Å². The van der Waals surface area contributed by atoms with Crippen molar-refractivity contribution in [2.24, 2.45) is 11.8 Å². The van der Waals surface area contributed by atoms with Gasteiger partial charge in [-0.25, -0.2) is 0 Å². The molecule has 4 nitrogen and oxygen atoms in total. The van der Waals surface area contributed by atoms with E-state index < -0.39 is 0 Å². The number of ether oxygens (including phenoxy) is 1. The van der Waals surface area contributed by atoms with Gasteiger partial charge < -0.3 is 10.1 Å². The van der Waals surface area contributed by atoms with Crippen molar-refractivity contribution in [3.05, 3.63) is 136 Å². The molecule has 0 spiro atoms. The molecule has 1 fully saturated rings. The van der Waals surface area contributed by atoms with E-state index in [0.717, 1.165) is 75.3 Å². The summed E-state index contributed by atoms with van der Waals surface area (Å²) < 4.78 is 6.50. The number of aryl methyl sites for hydroxylation is 3. The third kappa shape index (κ3) is 8.94. The summed E-state index contributed by atoms with van der Waals surface area (Å²) in [6.07, 6.45) is 14.1. The van der Waals surface area contributed by atoms with E-state index >= 15 is 0 Å². The number of anilines is 2. The third-order valence-electron chi connectivity index (χ3n) is 11.6. The number of benzene rings is 5. The van der Waals surface area contributed by atoms with E-state index in [9.17, 15) is 9.59 Å². The van der Waals surface area contributed by atoms with Gasteiger partial charge in [0.25, 0.3) is 0 Å². The predicted octanol–water partition coefficient (Wildman–Crippen LogP) is 13.7. The molecule has 0 atom stereocenters. The number of fused-ring (bicyclic) bond motifs is 2. The Morgan fingerprint density at radius 3 is 1.96 bits per heavy atom. The zero-order chi connectivity index (χ0) is 38.3. The van der Waals surface area contributed by atoms with Crippen LogP contribution in [-0.4, -0.2) is 18.2 Å². The Morgan fingerprint density at radius 2 is 1.31 bits per heavy atom. The fraction of sp³-hybridized carbons (Fsp3) is 0.360. The maximum atomic E-state index is 14.1. The average Bonchev–Trinajstić information content (AvgIpc) is 3.20. The molecule has 1 saturated carbocycles. The van der Waals surface area contributed by atoms with Gasteiger partial charge >= 0.3 is 0 Å². The number of nitrogens with one attached hydrogen (secondary N) is 1. The van der Waals surface area contributed by atoms with E-state index in [1.807, 2.05) is 24.3 Å². The van der Waals surface area contributed by atoms with Gasteiger partial charge in [-0.2, -0.15) is 0 Å². The number of rotatable bonds is 15. The van der Waals surface area contributed by atoms with Crippen LogP contribution in [-0.2, 0) is 6.42 Å². The van der Waals surface area contributed by atoms with Crippen LogP contribution in [0.25, 0.3) is 11.1 Å². The highest BCUT2D eigenvalue weighted by Crippen LogP contribution is 2.42. The minimum Gasteiger partial charge on any atom is -0.493 e. The molecule has 55 heavy (non-hydrogen) atoms. The molecule has 2 aliphatic carbocycles. The monoisotopic (exact) mass is 749 g/mol. The molecule has 7 rings (SSSR count). The van der Waals surface area contributed by atoms with Crippen molar-refractivity contribution in [1.29, 1.82) is 0 Å². The van der Waals surface area contributed by atoms with Crippen LogP contribution in [0.3, 0.4) is 0 Å². The summed E-state index contributed by atoms with van der Waals surface area (Å²) in [6, 6.07) is 32.4. The second-order valence-electron chi connectivity index (χ2n) is 15.7. The molecule has 5 aromatic carbocycles. The molecule has 0 aliphatic heterocycles. The fourth-order valence-electron chi connectivity index (χ4n) is 8.43. The van der Waals surface area contributed by atoms with Crippen LogP contribution in [0.15, 0.2) is 107 Å². The molecular weight excluding hydrogens is 695 g/mol. The van der Waals surface area contributed by atoms with Crippen molar-refractivity contribution >= 4 is 34.7 Å². The second-order valence-corrected chi connectivity index (χ2v) is 16.9. The number of carbonyl (C=O) groups excluding carboxylic acids is 2. The standard InChI is InChI=1S/C50H55NO3S/c1-5-7-9-13-36-16-18-37(19-17-36)32-54-50-33(3)30-39(31-34(50)4)38-22-26-41(27-23-38)55-45-29-28-44(51-40-24-20-35(21-25-40)12-8-6-2)46-47(45)49(53)43-15-11-10-14-42(43)48(46)52/h10-11,14-15,20-31,36-37,51H,5-9,12-13,16-19,32H2,1-4H3. The van der Waals surface area contributed by atoms with Crippen LogP contribution in [0.5, 0.6) is 5.75 Å². The molecule has 5 heteroatoms. The van der Waals surface area contributed by atoms with Crippen molar-refractivity contribution in [3.8, 4) is 16.9 Å². The summed E-state index contributed by atoms with van der Waals surface area (Å²) >= 11 is 1.52. The lowest BCUT2D eigenvalue weighted by Gasteiger charge is -2.29. The molecule has 0 amide bonds. The number of unbranched alkanes of at least 4 members (excludes halogenated alkanes) is 3. The van der Waals surface area contributed by atoms with E-state index in [2.05, 4.69) is 93.7 Å². The maximum Gasteiger partial charge on any atom is 0.196 e. The zero-order valence-corrected chi connectivity index (χ0v) is 33.8. The predicted molar refractivity (Wildman–Crippen MR) is 229 cm³/mol. The Bertz CT molecular complexity index is 2100. The first-order chi connectivity index (χ1) is 26.8. The highest BCUT2D eigenvalue weighted by atomic mass is 32.2. The highest BCUT2D eigenvalue weighted by molar-refractivity contribution is 7.99. The largest absolute Gasteiger partial charge is 0.493 e. The lowest BCUT2D eigenvalue weighted by Crippen LogP contribution is -2.23. The second kappa shape index (κ2) is 17.9. The molecule has 5 aromatic rings. The molecule has 284 valence electrons. The smallest absolute Gasteiger partial charge is 0.196 e. The summed E-state index contributed by atoms with van der Waals surface area (Å²) in [6.45, 7) is 9.60. The first-order valence-electron chi connectivity index (χ1n) is 20.6.